The van der Waals surface area contributed by atoms with Gasteiger partial charge in [-0.05, 0) is 0 Å². The van der Waals surface area contributed by atoms with Crippen LogP contribution in [0.25, 0.3) is 0 Å². The van der Waals surface area contributed by atoms with Crippen LogP contribution >= 0.6 is 36.1 Å². The summed E-state index contributed by atoms with van der Waals surface area (Å²) in [6.45, 7) is 13.9. The van der Waals surface area contributed by atoms with Gasteiger partial charge < -0.3 is 0 Å². The van der Waals surface area contributed by atoms with Gasteiger partial charge in [0.1, 0.15) is 0 Å². The van der Waals surface area contributed by atoms with Crippen molar-refractivity contribution in [3.63, 3.8) is 0 Å². The van der Waals surface area contributed by atoms with E-state index in [9.17, 15) is 0 Å². The Balaban J connectivity index is 4.52. The normalized spacial score (nSPS) is 12.9. The van der Waals surface area contributed by atoms with Gasteiger partial charge in [-0.3, -0.25) is 0 Å². The van der Waals surface area contributed by atoms with Gasteiger partial charge in [0.25, 0.3) is 0 Å². The Morgan fingerprint density at radius 1 is 0.944 bits per heavy atom. The third-order valence-electron chi connectivity index (χ3n) is 2.05. The van der Waals surface area contributed by atoms with E-state index in [0.717, 1.165) is 11.8 Å². The zero-order chi connectivity index (χ0) is 14.2. The molecule has 0 bridgehead atoms. The van der Waals surface area contributed by atoms with Crippen LogP contribution in [0.3, 0.4) is 0 Å². The molecule has 0 aliphatic heterocycles. The molecule has 0 aliphatic rings. The van der Waals surface area contributed by atoms with Gasteiger partial charge in [-0.1, -0.05) is 0 Å². The summed E-state index contributed by atoms with van der Waals surface area (Å²) in [5.41, 5.74) is 0. The Morgan fingerprint density at radius 3 is 1.61 bits per heavy atom. The summed E-state index contributed by atoms with van der Waals surface area (Å²) < 4.78 is -1.27. The van der Waals surface area contributed by atoms with Crippen LogP contribution in [0.2, 0.25) is 10.4 Å². The van der Waals surface area contributed by atoms with Crippen LogP contribution in [0.4, 0.5) is 0 Å². The van der Waals surface area contributed by atoms with Gasteiger partial charge in [0.2, 0.25) is 0 Å². The van der Waals surface area contributed by atoms with Crippen molar-refractivity contribution in [3.8, 4) is 0 Å². The van der Waals surface area contributed by atoms with Gasteiger partial charge in [0.05, 0.1) is 0 Å². The van der Waals surface area contributed by atoms with Gasteiger partial charge >= 0.3 is 137 Å². The minimum absolute atomic E-state index is 0.692. The Kier molecular flexibility index (Phi) is 12.3. The molecule has 0 nitrogen and oxygen atoms in total. The summed E-state index contributed by atoms with van der Waals surface area (Å²) in [4.78, 5) is 0. The molecule has 18 heavy (non-hydrogen) atoms. The molecule has 0 unspecified atom stereocenters. The summed E-state index contributed by atoms with van der Waals surface area (Å²) in [6.07, 6.45) is 0. The second-order valence-corrected chi connectivity index (χ2v) is 30.5. The molecular weight excluding hydrogens is 378 g/mol. The van der Waals surface area contributed by atoms with Gasteiger partial charge in [-0.15, -0.1) is 0 Å². The van der Waals surface area contributed by atoms with E-state index in [2.05, 4.69) is 74.0 Å². The molecule has 0 aromatic heterocycles. The van der Waals surface area contributed by atoms with Crippen molar-refractivity contribution in [1.82, 2.24) is 0 Å². The molecule has 0 heterocycles. The topological polar surface area (TPSA) is 0 Å². The molecule has 6 heteroatoms. The zero-order valence-electron chi connectivity index (χ0n) is 12.5. The molecule has 0 saturated heterocycles. The fraction of sp³-hybridized carbons (Fsp3) is 1.00. The van der Waals surface area contributed by atoms with Crippen molar-refractivity contribution >= 4 is 61.4 Å². The molecule has 0 rings (SSSR count). The Morgan fingerprint density at radius 2 is 1.33 bits per heavy atom. The first-order valence-electron chi connectivity index (χ1n) is 6.66. The van der Waals surface area contributed by atoms with Gasteiger partial charge in [0, 0.05) is 0 Å². The maximum absolute atomic E-state index is 6.08. The van der Waals surface area contributed by atoms with E-state index in [4.69, 9.17) is 11.8 Å². The van der Waals surface area contributed by atoms with Gasteiger partial charge in [-0.2, -0.15) is 0 Å². The Labute approximate surface area is 135 Å². The van der Waals surface area contributed by atoms with Crippen molar-refractivity contribution in [2.45, 2.75) is 52.0 Å². The molecule has 0 saturated carbocycles. The first-order chi connectivity index (χ1) is 8.33. The number of hydrogen-bond acceptors (Lipinski definition) is 4. The van der Waals surface area contributed by atoms with E-state index in [-0.39, 0.29) is 0 Å². The van der Waals surface area contributed by atoms with E-state index >= 15 is 0 Å². The van der Waals surface area contributed by atoms with Crippen molar-refractivity contribution in [2.24, 2.45) is 11.8 Å². The third kappa shape index (κ3) is 10.1. The summed E-state index contributed by atoms with van der Waals surface area (Å²) in [7, 11) is 2.27. The predicted molar refractivity (Wildman–Crippen MR) is 103 cm³/mol. The van der Waals surface area contributed by atoms with Crippen LogP contribution in [0.1, 0.15) is 41.5 Å². The molecule has 0 aliphatic carbocycles. The fourth-order valence-corrected chi connectivity index (χ4v) is 41.6. The van der Waals surface area contributed by atoms with E-state index < -0.39 is 17.1 Å². The quantitative estimate of drug-likeness (QED) is 0.290. The molecule has 0 amide bonds. The molecule has 0 spiro atoms. The van der Waals surface area contributed by atoms with E-state index in [1.807, 2.05) is 0 Å². The van der Waals surface area contributed by atoms with Gasteiger partial charge in [-0.25, -0.2) is 0 Å². The van der Waals surface area contributed by atoms with Crippen LogP contribution < -0.4 is 0 Å². The SMILES string of the molecule is CC[As](CC)SP(=S)(SCC(C)C)SCC(C)C. The van der Waals surface area contributed by atoms with E-state index in [1.165, 1.54) is 21.9 Å². The predicted octanol–water partition coefficient (Wildman–Crippen LogP) is 6.75. The maximum atomic E-state index is 6.08. The molecule has 0 aromatic rings. The monoisotopic (exact) mass is 406 g/mol. The average molecular weight is 407 g/mol. The average Bonchev–Trinajstić information content (AvgIpc) is 2.31. The summed E-state index contributed by atoms with van der Waals surface area (Å²) in [6, 6.07) is 0. The number of rotatable bonds is 10. The summed E-state index contributed by atoms with van der Waals surface area (Å²) >= 11 is 9.63. The Bertz CT molecular complexity index is 238. The van der Waals surface area contributed by atoms with Crippen LogP contribution in [-0.2, 0) is 11.8 Å². The van der Waals surface area contributed by atoms with Gasteiger partial charge in [0.15, 0.2) is 0 Å². The molecule has 0 aromatic carbocycles. The standard InChI is InChI=1S/C12H28AsPS4/c1-7-13(8-2)18-14(15,16-9-11(3)4)17-10-12(5)6/h11-12H,7-10H2,1-6H3. The molecular formula is C12H28AsPS4. The molecule has 0 N–H and O–H groups in total. The van der Waals surface area contributed by atoms with Crippen molar-refractivity contribution in [1.29, 1.82) is 0 Å². The van der Waals surface area contributed by atoms with Crippen molar-refractivity contribution in [3.05, 3.63) is 0 Å². The second kappa shape index (κ2) is 10.9. The Hall–Kier alpha value is 2.26. The fourth-order valence-electron chi connectivity index (χ4n) is 1.05. The van der Waals surface area contributed by atoms with E-state index in [0.29, 0.717) is 0 Å². The van der Waals surface area contributed by atoms with E-state index in [1.54, 1.807) is 0 Å². The summed E-state index contributed by atoms with van der Waals surface area (Å²) in [5, 5.41) is 2.80. The first kappa shape index (κ1) is 20.3. The zero-order valence-corrected chi connectivity index (χ0v) is 18.5. The van der Waals surface area contributed by atoms with Crippen molar-refractivity contribution in [2.75, 3.05) is 11.5 Å². The molecule has 0 fully saturated rings. The van der Waals surface area contributed by atoms with Crippen LogP contribution in [0.15, 0.2) is 0 Å². The minimum atomic E-state index is -1.27. The first-order valence-corrected chi connectivity index (χ1v) is 19.0. The molecule has 110 valence electrons. The third-order valence-corrected chi connectivity index (χ3v) is 37.7. The molecule has 0 radical (unpaired) electrons. The second-order valence-electron chi connectivity index (χ2n) is 5.02. The van der Waals surface area contributed by atoms with Crippen LogP contribution in [0.5, 0.6) is 0 Å². The van der Waals surface area contributed by atoms with Crippen molar-refractivity contribution < 1.29 is 0 Å². The summed E-state index contributed by atoms with van der Waals surface area (Å²) in [5.74, 6) is 4.01. The number of hydrogen-bond donors (Lipinski definition) is 0. The molecule has 0 atom stereocenters. The van der Waals surface area contributed by atoms with Crippen LogP contribution in [-0.4, -0.2) is 25.0 Å². The van der Waals surface area contributed by atoms with Crippen LogP contribution in [0, 0.1) is 11.8 Å².